The lowest BCUT2D eigenvalue weighted by Crippen LogP contribution is -2.47. The first kappa shape index (κ1) is 16.3. The summed E-state index contributed by atoms with van der Waals surface area (Å²) < 4.78 is 5.18. The van der Waals surface area contributed by atoms with E-state index in [0.717, 1.165) is 18.3 Å². The molecule has 0 aromatic rings. The number of hydrogen-bond acceptors (Lipinski definition) is 3. The van der Waals surface area contributed by atoms with Crippen LogP contribution in [0.5, 0.6) is 0 Å². The normalized spacial score (nSPS) is 28.4. The maximum atomic E-state index is 11.9. The van der Waals surface area contributed by atoms with Crippen molar-refractivity contribution in [3.63, 3.8) is 0 Å². The van der Waals surface area contributed by atoms with Gasteiger partial charge < -0.3 is 15.4 Å². The van der Waals surface area contributed by atoms with Crippen LogP contribution in [0.3, 0.4) is 0 Å². The van der Waals surface area contributed by atoms with Crippen LogP contribution >= 0.6 is 0 Å². The van der Waals surface area contributed by atoms with Crippen LogP contribution in [-0.4, -0.2) is 37.6 Å². The molecular weight excluding hydrogens is 268 g/mol. The van der Waals surface area contributed by atoms with Crippen LogP contribution in [0.2, 0.25) is 0 Å². The molecule has 2 rings (SSSR count). The Hall–Kier alpha value is -1.10. The van der Waals surface area contributed by atoms with Crippen molar-refractivity contribution in [1.82, 2.24) is 10.6 Å². The van der Waals surface area contributed by atoms with Crippen LogP contribution in [0.15, 0.2) is 0 Å². The van der Waals surface area contributed by atoms with Crippen LogP contribution in [-0.2, 0) is 14.3 Å². The summed E-state index contributed by atoms with van der Waals surface area (Å²) in [5, 5.41) is 5.52. The van der Waals surface area contributed by atoms with E-state index in [0.29, 0.717) is 25.7 Å². The van der Waals surface area contributed by atoms with Crippen LogP contribution < -0.4 is 10.6 Å². The molecule has 2 aliphatic carbocycles. The minimum atomic E-state index is -0.526. The van der Waals surface area contributed by atoms with E-state index in [1.54, 1.807) is 0 Å². The number of fused-ring (bicyclic) bond motifs is 2. The molecule has 0 aliphatic heterocycles. The van der Waals surface area contributed by atoms with Gasteiger partial charge in [0.25, 0.3) is 0 Å². The van der Waals surface area contributed by atoms with E-state index in [2.05, 4.69) is 10.6 Å². The fourth-order valence-electron chi connectivity index (χ4n) is 3.89. The molecule has 2 N–H and O–H groups in total. The summed E-state index contributed by atoms with van der Waals surface area (Å²) in [5.74, 6) is 1.13. The van der Waals surface area contributed by atoms with Gasteiger partial charge in [0.15, 0.2) is 0 Å². The average Bonchev–Trinajstić information content (AvgIpc) is 3.09. The molecule has 4 unspecified atom stereocenters. The second-order valence-electron chi connectivity index (χ2n) is 6.41. The van der Waals surface area contributed by atoms with E-state index < -0.39 is 11.8 Å². The van der Waals surface area contributed by atoms with Crippen molar-refractivity contribution < 1.29 is 14.3 Å². The molecule has 2 saturated carbocycles. The largest absolute Gasteiger partial charge is 0.382 e. The zero-order chi connectivity index (χ0) is 15.2. The highest BCUT2D eigenvalue weighted by molar-refractivity contribution is 6.35. The van der Waals surface area contributed by atoms with Crippen LogP contribution in [0.4, 0.5) is 0 Å². The molecule has 4 atom stereocenters. The highest BCUT2D eigenvalue weighted by Gasteiger charge is 2.42. The Morgan fingerprint density at radius 2 is 2.05 bits per heavy atom. The number of nitrogens with one attached hydrogen (secondary N) is 2. The lowest BCUT2D eigenvalue weighted by Gasteiger charge is -2.28. The first-order valence-electron chi connectivity index (χ1n) is 8.28. The summed E-state index contributed by atoms with van der Waals surface area (Å²) in [6.07, 6.45) is 5.90. The zero-order valence-electron chi connectivity index (χ0n) is 13.2. The molecule has 0 aromatic carbocycles. The molecule has 0 spiro atoms. The van der Waals surface area contributed by atoms with Gasteiger partial charge in [0.05, 0.1) is 0 Å². The fourth-order valence-corrected chi connectivity index (χ4v) is 3.89. The van der Waals surface area contributed by atoms with E-state index in [1.807, 2.05) is 13.8 Å². The number of amides is 2. The molecule has 0 heterocycles. The maximum absolute atomic E-state index is 11.9. The second-order valence-corrected chi connectivity index (χ2v) is 6.41. The lowest BCUT2D eigenvalue weighted by atomic mass is 9.84. The minimum Gasteiger partial charge on any atom is -0.382 e. The molecule has 2 fully saturated rings. The van der Waals surface area contributed by atoms with Gasteiger partial charge in [0, 0.05) is 25.8 Å². The lowest BCUT2D eigenvalue weighted by molar-refractivity contribution is -0.139. The molecule has 120 valence electrons. The quantitative estimate of drug-likeness (QED) is 0.552. The van der Waals surface area contributed by atoms with Crippen molar-refractivity contribution in [1.29, 1.82) is 0 Å². The summed E-state index contributed by atoms with van der Waals surface area (Å²) in [6.45, 7) is 5.74. The number of hydrogen-bond donors (Lipinski definition) is 2. The number of rotatable bonds is 7. The van der Waals surface area contributed by atoms with Gasteiger partial charge in [-0.2, -0.15) is 0 Å². The third kappa shape index (κ3) is 4.43. The molecule has 0 radical (unpaired) electrons. The first-order valence-corrected chi connectivity index (χ1v) is 8.28. The molecule has 0 aromatic heterocycles. The Morgan fingerprint density at radius 3 is 2.67 bits per heavy atom. The van der Waals surface area contributed by atoms with Crippen molar-refractivity contribution in [2.24, 2.45) is 17.8 Å². The highest BCUT2D eigenvalue weighted by atomic mass is 16.5. The number of ether oxygens (including phenoxy) is 1. The van der Waals surface area contributed by atoms with Gasteiger partial charge >= 0.3 is 11.8 Å². The van der Waals surface area contributed by atoms with Crippen molar-refractivity contribution >= 4 is 11.8 Å². The van der Waals surface area contributed by atoms with Gasteiger partial charge in [-0.3, -0.25) is 9.59 Å². The minimum absolute atomic E-state index is 0.0991. The third-order valence-corrected chi connectivity index (χ3v) is 4.96. The molecule has 2 bridgehead atoms. The molecule has 5 heteroatoms. The van der Waals surface area contributed by atoms with E-state index in [9.17, 15) is 9.59 Å². The maximum Gasteiger partial charge on any atom is 0.309 e. The van der Waals surface area contributed by atoms with Crippen LogP contribution in [0, 0.1) is 17.8 Å². The molecule has 2 aliphatic rings. The monoisotopic (exact) mass is 296 g/mol. The van der Waals surface area contributed by atoms with Gasteiger partial charge in [-0.1, -0.05) is 6.42 Å². The van der Waals surface area contributed by atoms with E-state index in [4.69, 9.17) is 4.74 Å². The van der Waals surface area contributed by atoms with E-state index >= 15 is 0 Å². The molecule has 2 amide bonds. The van der Waals surface area contributed by atoms with Gasteiger partial charge in [-0.25, -0.2) is 0 Å². The first-order chi connectivity index (χ1) is 10.1. The standard InChI is InChI=1S/C16H28N2O3/c1-3-21-8-4-7-17-15(19)16(20)18-11(2)14-10-12-5-6-13(14)9-12/h11-14H,3-10H2,1-2H3,(H,17,19)(H,18,20). The van der Waals surface area contributed by atoms with E-state index in [1.165, 1.54) is 25.7 Å². The van der Waals surface area contributed by atoms with Crippen molar-refractivity contribution in [2.45, 2.75) is 52.0 Å². The summed E-state index contributed by atoms with van der Waals surface area (Å²) in [5.41, 5.74) is 0. The van der Waals surface area contributed by atoms with Crippen molar-refractivity contribution in [3.8, 4) is 0 Å². The number of carbonyl (C=O) groups is 2. The Balaban J connectivity index is 1.65. The van der Waals surface area contributed by atoms with E-state index in [-0.39, 0.29) is 6.04 Å². The SMILES string of the molecule is CCOCCCNC(=O)C(=O)NC(C)C1CC2CCC1C2. The van der Waals surface area contributed by atoms with Gasteiger partial charge in [0.1, 0.15) is 0 Å². The molecule has 5 nitrogen and oxygen atoms in total. The summed E-state index contributed by atoms with van der Waals surface area (Å²) in [6, 6.07) is 0.0991. The fraction of sp³-hybridized carbons (Fsp3) is 0.875. The van der Waals surface area contributed by atoms with Gasteiger partial charge in [0.2, 0.25) is 0 Å². The second kappa shape index (κ2) is 7.78. The summed E-state index contributed by atoms with van der Waals surface area (Å²) in [4.78, 5) is 23.6. The molecule has 21 heavy (non-hydrogen) atoms. The van der Waals surface area contributed by atoms with Crippen LogP contribution in [0.1, 0.15) is 46.0 Å². The Labute approximate surface area is 127 Å². The molecular formula is C16H28N2O3. The van der Waals surface area contributed by atoms with Crippen molar-refractivity contribution in [2.75, 3.05) is 19.8 Å². The Morgan fingerprint density at radius 1 is 1.24 bits per heavy atom. The van der Waals surface area contributed by atoms with Gasteiger partial charge in [-0.05, 0) is 57.3 Å². The third-order valence-electron chi connectivity index (χ3n) is 4.96. The average molecular weight is 296 g/mol. The van der Waals surface area contributed by atoms with Gasteiger partial charge in [-0.15, -0.1) is 0 Å². The van der Waals surface area contributed by atoms with Crippen molar-refractivity contribution in [3.05, 3.63) is 0 Å². The van der Waals surface area contributed by atoms with Crippen LogP contribution in [0.25, 0.3) is 0 Å². The summed E-state index contributed by atoms with van der Waals surface area (Å²) in [7, 11) is 0. The Kier molecular flexibility index (Phi) is 6.03. The highest BCUT2D eigenvalue weighted by Crippen LogP contribution is 2.49. The predicted octanol–water partition coefficient (Wildman–Crippen LogP) is 1.47. The summed E-state index contributed by atoms with van der Waals surface area (Å²) >= 11 is 0. The topological polar surface area (TPSA) is 67.4 Å². The Bertz CT molecular complexity index is 373. The molecule has 0 saturated heterocycles. The number of carbonyl (C=O) groups excluding carboxylic acids is 2. The zero-order valence-corrected chi connectivity index (χ0v) is 13.2. The predicted molar refractivity (Wildman–Crippen MR) is 80.7 cm³/mol. The smallest absolute Gasteiger partial charge is 0.309 e.